The molecule has 6 heteroatoms. The summed E-state index contributed by atoms with van der Waals surface area (Å²) in [4.78, 5) is 10.8. The summed E-state index contributed by atoms with van der Waals surface area (Å²) in [5.74, 6) is 0.528. The van der Waals surface area contributed by atoms with E-state index in [1.807, 2.05) is 13.0 Å². The van der Waals surface area contributed by atoms with E-state index in [4.69, 9.17) is 23.2 Å². The van der Waals surface area contributed by atoms with Crippen LogP contribution in [0.4, 0.5) is 11.4 Å². The normalized spacial score (nSPS) is 23.7. The molecule has 1 aliphatic heterocycles. The van der Waals surface area contributed by atoms with Gasteiger partial charge in [-0.1, -0.05) is 41.4 Å². The maximum absolute atomic E-state index is 11.2. The summed E-state index contributed by atoms with van der Waals surface area (Å²) in [6.45, 7) is 1.99. The van der Waals surface area contributed by atoms with Gasteiger partial charge in [0.05, 0.1) is 11.0 Å². The van der Waals surface area contributed by atoms with Crippen molar-refractivity contribution in [1.29, 1.82) is 0 Å². The van der Waals surface area contributed by atoms with Gasteiger partial charge in [-0.2, -0.15) is 0 Å². The van der Waals surface area contributed by atoms with Crippen molar-refractivity contribution in [3.05, 3.63) is 79.3 Å². The van der Waals surface area contributed by atoms with Crippen LogP contribution in [0.25, 0.3) is 0 Å². The Morgan fingerprint density at radius 1 is 1.16 bits per heavy atom. The van der Waals surface area contributed by atoms with E-state index >= 15 is 0 Å². The average Bonchev–Trinajstić information content (AvgIpc) is 3.07. The zero-order valence-electron chi connectivity index (χ0n) is 13.5. The van der Waals surface area contributed by atoms with Gasteiger partial charge in [-0.05, 0) is 42.5 Å². The third kappa shape index (κ3) is 2.60. The highest BCUT2D eigenvalue weighted by Gasteiger charge is 2.39. The minimum Gasteiger partial charge on any atom is -0.377 e. The van der Waals surface area contributed by atoms with E-state index in [1.54, 1.807) is 12.1 Å². The third-order valence-electron chi connectivity index (χ3n) is 5.26. The van der Waals surface area contributed by atoms with Crippen LogP contribution in [0, 0.1) is 23.0 Å². The molecule has 0 spiro atoms. The molecule has 2 aromatic carbocycles. The molecule has 25 heavy (non-hydrogen) atoms. The molecule has 0 fully saturated rings. The van der Waals surface area contributed by atoms with E-state index in [2.05, 4.69) is 23.5 Å². The number of anilines is 1. The van der Waals surface area contributed by atoms with Crippen molar-refractivity contribution in [3.8, 4) is 0 Å². The van der Waals surface area contributed by atoms with Crippen LogP contribution in [-0.2, 0) is 0 Å². The van der Waals surface area contributed by atoms with Crippen molar-refractivity contribution in [2.75, 3.05) is 5.32 Å². The second-order valence-corrected chi connectivity index (χ2v) is 7.39. The topological polar surface area (TPSA) is 55.2 Å². The Balaban J connectivity index is 1.86. The van der Waals surface area contributed by atoms with E-state index in [-0.39, 0.29) is 28.5 Å². The molecule has 1 N–H and O–H groups in total. The van der Waals surface area contributed by atoms with Crippen molar-refractivity contribution in [1.82, 2.24) is 0 Å². The molecule has 0 saturated carbocycles. The van der Waals surface area contributed by atoms with Gasteiger partial charge in [0, 0.05) is 39.3 Å². The Kier molecular flexibility index (Phi) is 3.97. The van der Waals surface area contributed by atoms with Crippen LogP contribution in [0.5, 0.6) is 0 Å². The molecule has 1 aliphatic carbocycles. The highest BCUT2D eigenvalue weighted by Crippen LogP contribution is 2.52. The van der Waals surface area contributed by atoms with Crippen LogP contribution in [0.2, 0.25) is 10.0 Å². The number of non-ortho nitro benzene ring substituents is 1. The number of rotatable bonds is 2. The summed E-state index contributed by atoms with van der Waals surface area (Å²) >= 11 is 12.7. The number of fused-ring (bicyclic) bond motifs is 3. The zero-order valence-corrected chi connectivity index (χ0v) is 15.0. The van der Waals surface area contributed by atoms with Gasteiger partial charge >= 0.3 is 0 Å². The van der Waals surface area contributed by atoms with Crippen molar-refractivity contribution < 1.29 is 4.92 Å². The van der Waals surface area contributed by atoms with E-state index in [0.29, 0.717) is 10.0 Å². The van der Waals surface area contributed by atoms with Gasteiger partial charge in [-0.25, -0.2) is 0 Å². The number of halogens is 2. The summed E-state index contributed by atoms with van der Waals surface area (Å²) in [6.07, 6.45) is 5.30. The highest BCUT2D eigenvalue weighted by molar-refractivity contribution is 6.32. The fourth-order valence-electron chi connectivity index (χ4n) is 3.98. The zero-order chi connectivity index (χ0) is 17.7. The SMILES string of the molecule is Cc1c(Cl)ccc2c1N[C@H](c1cc([N+](=O)[O-])ccc1Cl)[C@H]1CC=C[C@H]21. The van der Waals surface area contributed by atoms with Crippen LogP contribution in [0.3, 0.4) is 0 Å². The lowest BCUT2D eigenvalue weighted by molar-refractivity contribution is -0.384. The second-order valence-electron chi connectivity index (χ2n) is 6.58. The molecule has 3 atom stereocenters. The Morgan fingerprint density at radius 2 is 1.92 bits per heavy atom. The molecular formula is C19H16Cl2N2O2. The molecule has 1 heterocycles. The fraction of sp³-hybridized carbons (Fsp3) is 0.263. The molecule has 0 aromatic heterocycles. The van der Waals surface area contributed by atoms with Gasteiger partial charge in [0.2, 0.25) is 0 Å². The number of nitrogens with one attached hydrogen (secondary N) is 1. The molecule has 128 valence electrons. The average molecular weight is 375 g/mol. The summed E-state index contributed by atoms with van der Waals surface area (Å²) < 4.78 is 0. The van der Waals surface area contributed by atoms with Gasteiger partial charge < -0.3 is 5.32 Å². The molecule has 4 rings (SSSR count). The Morgan fingerprint density at radius 3 is 2.68 bits per heavy atom. The minimum atomic E-state index is -0.386. The maximum atomic E-state index is 11.2. The van der Waals surface area contributed by atoms with E-state index in [9.17, 15) is 10.1 Å². The first-order valence-corrected chi connectivity index (χ1v) is 8.89. The van der Waals surface area contributed by atoms with Gasteiger partial charge in [0.1, 0.15) is 0 Å². The van der Waals surface area contributed by atoms with E-state index < -0.39 is 0 Å². The van der Waals surface area contributed by atoms with Crippen molar-refractivity contribution in [2.45, 2.75) is 25.3 Å². The fourth-order valence-corrected chi connectivity index (χ4v) is 4.37. The Bertz CT molecular complexity index is 911. The molecule has 0 radical (unpaired) electrons. The highest BCUT2D eigenvalue weighted by atomic mass is 35.5. The summed E-state index contributed by atoms with van der Waals surface area (Å²) in [7, 11) is 0. The van der Waals surface area contributed by atoms with E-state index in [1.165, 1.54) is 11.6 Å². The number of nitrogens with zero attached hydrogens (tertiary/aromatic N) is 1. The molecule has 2 aromatic rings. The number of nitro groups is 1. The number of allylic oxidation sites excluding steroid dienone is 2. The smallest absolute Gasteiger partial charge is 0.269 e. The van der Waals surface area contributed by atoms with Crippen molar-refractivity contribution in [2.24, 2.45) is 5.92 Å². The van der Waals surface area contributed by atoms with Gasteiger partial charge in [-0.15, -0.1) is 0 Å². The van der Waals surface area contributed by atoms with Crippen molar-refractivity contribution in [3.63, 3.8) is 0 Å². The predicted molar refractivity (Wildman–Crippen MR) is 101 cm³/mol. The molecular weight excluding hydrogens is 359 g/mol. The van der Waals surface area contributed by atoms with Crippen LogP contribution in [0.1, 0.15) is 35.1 Å². The predicted octanol–water partition coefficient (Wildman–Crippen LogP) is 6.04. The minimum absolute atomic E-state index is 0.0531. The van der Waals surface area contributed by atoms with Crippen LogP contribution in [-0.4, -0.2) is 4.92 Å². The van der Waals surface area contributed by atoms with Crippen LogP contribution >= 0.6 is 23.2 Å². The van der Waals surface area contributed by atoms with Crippen LogP contribution in [0.15, 0.2) is 42.5 Å². The monoisotopic (exact) mass is 374 g/mol. The lowest BCUT2D eigenvalue weighted by Gasteiger charge is -2.38. The van der Waals surface area contributed by atoms with Gasteiger partial charge in [-0.3, -0.25) is 10.1 Å². The molecule has 2 aliphatic rings. The number of hydrogen-bond acceptors (Lipinski definition) is 3. The largest absolute Gasteiger partial charge is 0.377 e. The maximum Gasteiger partial charge on any atom is 0.269 e. The Labute approximate surface area is 155 Å². The summed E-state index contributed by atoms with van der Waals surface area (Å²) in [5.41, 5.74) is 4.03. The Hall–Kier alpha value is -2.04. The first-order chi connectivity index (χ1) is 12.0. The standard InChI is InChI=1S/C19H16Cl2N2O2/c1-10-16(20)8-6-14-12-3-2-4-13(12)19(22-18(10)14)15-9-11(23(24)25)5-7-17(15)21/h2-3,5-9,12-13,19,22H,4H2,1H3/t12-,13-,19-/m0/s1. The number of nitro benzene ring substituents is 1. The lowest BCUT2D eigenvalue weighted by atomic mass is 9.76. The molecule has 0 amide bonds. The molecule has 0 bridgehead atoms. The molecule has 4 nitrogen and oxygen atoms in total. The summed E-state index contributed by atoms with van der Waals surface area (Å²) in [6, 6.07) is 8.53. The third-order valence-corrected chi connectivity index (χ3v) is 6.01. The molecule has 0 saturated heterocycles. The van der Waals surface area contributed by atoms with Gasteiger partial charge in [0.25, 0.3) is 5.69 Å². The van der Waals surface area contributed by atoms with Gasteiger partial charge in [0.15, 0.2) is 0 Å². The van der Waals surface area contributed by atoms with E-state index in [0.717, 1.165) is 23.2 Å². The van der Waals surface area contributed by atoms with Crippen molar-refractivity contribution >= 4 is 34.6 Å². The first kappa shape index (κ1) is 16.4. The first-order valence-electron chi connectivity index (χ1n) is 8.13. The quantitative estimate of drug-likeness (QED) is 0.396. The summed E-state index contributed by atoms with van der Waals surface area (Å²) in [5, 5.41) is 16.0. The number of hydrogen-bond donors (Lipinski definition) is 1. The lowest BCUT2D eigenvalue weighted by Crippen LogP contribution is -2.30. The molecule has 0 unspecified atom stereocenters. The van der Waals surface area contributed by atoms with Crippen LogP contribution < -0.4 is 5.32 Å². The second kappa shape index (κ2) is 6.04. The number of benzene rings is 2.